The Balaban J connectivity index is 1.52. The van der Waals surface area contributed by atoms with Crippen LogP contribution in [0, 0.1) is 25.7 Å². The maximum Gasteiger partial charge on any atom is 0.329 e. The Morgan fingerprint density at radius 2 is 1.91 bits per heavy atom. The summed E-state index contributed by atoms with van der Waals surface area (Å²) in [5.74, 6) is 2.06. The molecule has 2 aromatic rings. The molecule has 34 heavy (non-hydrogen) atoms. The first-order valence-electron chi connectivity index (χ1n) is 12.6. The summed E-state index contributed by atoms with van der Waals surface area (Å²) < 4.78 is 11.6. The molecular weight excluding hydrogens is 430 g/mol. The number of carbonyl (C=O) groups is 2. The fourth-order valence-corrected chi connectivity index (χ4v) is 5.38. The molecule has 1 unspecified atom stereocenters. The highest BCUT2D eigenvalue weighted by atomic mass is 16.5. The van der Waals surface area contributed by atoms with Crippen molar-refractivity contribution in [2.75, 3.05) is 6.61 Å². The average molecular weight is 468 g/mol. The van der Waals surface area contributed by atoms with Crippen LogP contribution >= 0.6 is 0 Å². The largest absolute Gasteiger partial charge is 0.480 e. The fraction of sp³-hybridized carbons (Fsp3) is 0.607. The summed E-state index contributed by atoms with van der Waals surface area (Å²) in [4.78, 5) is 24.3. The van der Waals surface area contributed by atoms with Gasteiger partial charge in [0.2, 0.25) is 0 Å². The maximum absolute atomic E-state index is 13.0. The number of hydrogen-bond donors (Lipinski definition) is 1. The van der Waals surface area contributed by atoms with E-state index >= 15 is 0 Å². The molecule has 1 N–H and O–H groups in total. The first-order chi connectivity index (χ1) is 16.2. The van der Waals surface area contributed by atoms with Crippen molar-refractivity contribution < 1.29 is 24.0 Å². The molecule has 1 atom stereocenters. The second kappa shape index (κ2) is 10.4. The third kappa shape index (κ3) is 5.96. The Kier molecular flexibility index (Phi) is 7.56. The minimum absolute atomic E-state index is 0.00859. The van der Waals surface area contributed by atoms with Crippen LogP contribution in [0.25, 0.3) is 0 Å². The van der Waals surface area contributed by atoms with Crippen LogP contribution in [0.4, 0.5) is 0 Å². The Hall–Kier alpha value is -2.47. The molecule has 2 fully saturated rings. The zero-order valence-corrected chi connectivity index (χ0v) is 20.8. The lowest BCUT2D eigenvalue weighted by molar-refractivity contribution is -0.145. The average Bonchev–Trinajstić information content (AvgIpc) is 3.48. The highest BCUT2D eigenvalue weighted by Crippen LogP contribution is 2.52. The molecule has 4 rings (SSSR count). The number of benzene rings is 1. The van der Waals surface area contributed by atoms with E-state index < -0.39 is 18.7 Å². The van der Waals surface area contributed by atoms with Gasteiger partial charge in [-0.2, -0.15) is 0 Å². The summed E-state index contributed by atoms with van der Waals surface area (Å²) in [6, 6.07) is 6.07. The van der Waals surface area contributed by atoms with E-state index in [0.29, 0.717) is 29.9 Å². The quantitative estimate of drug-likeness (QED) is 0.408. The maximum atomic E-state index is 13.0. The molecule has 2 aliphatic carbocycles. The minimum Gasteiger partial charge on any atom is -0.480 e. The number of ketones is 1. The SMILES string of the molecule is Cc1ccc(CC(=O)CC(OCC(=O)O)c2noc(C3CC(CC(C)C)C3)c2C2CC2)c(C)c1. The van der Waals surface area contributed by atoms with Gasteiger partial charge in [0.05, 0.1) is 0 Å². The fourth-order valence-electron chi connectivity index (χ4n) is 5.38. The number of aromatic nitrogens is 1. The number of ether oxygens (including phenoxy) is 1. The van der Waals surface area contributed by atoms with Gasteiger partial charge in [0.15, 0.2) is 0 Å². The van der Waals surface area contributed by atoms with Gasteiger partial charge in [-0.05, 0) is 74.8 Å². The molecule has 2 saturated carbocycles. The molecule has 6 nitrogen and oxygen atoms in total. The molecule has 0 saturated heterocycles. The molecule has 0 bridgehead atoms. The first-order valence-corrected chi connectivity index (χ1v) is 12.6. The van der Waals surface area contributed by atoms with Gasteiger partial charge in [-0.25, -0.2) is 4.79 Å². The number of hydrogen-bond acceptors (Lipinski definition) is 5. The number of Topliss-reactive ketones (excluding diaryl/α,β-unsaturated/α-hetero) is 1. The van der Waals surface area contributed by atoms with E-state index in [9.17, 15) is 14.7 Å². The zero-order valence-electron chi connectivity index (χ0n) is 20.8. The third-order valence-electron chi connectivity index (χ3n) is 7.19. The van der Waals surface area contributed by atoms with Gasteiger partial charge >= 0.3 is 5.97 Å². The molecule has 184 valence electrons. The van der Waals surface area contributed by atoms with Crippen molar-refractivity contribution in [2.45, 2.75) is 90.6 Å². The van der Waals surface area contributed by atoms with E-state index in [0.717, 1.165) is 59.6 Å². The van der Waals surface area contributed by atoms with Crippen LogP contribution in [-0.4, -0.2) is 28.6 Å². The number of aliphatic carboxylic acids is 1. The second-order valence-electron chi connectivity index (χ2n) is 10.8. The van der Waals surface area contributed by atoms with Crippen molar-refractivity contribution in [3.05, 3.63) is 51.9 Å². The molecule has 1 heterocycles. The molecule has 0 spiro atoms. The highest BCUT2D eigenvalue weighted by Gasteiger charge is 2.42. The summed E-state index contributed by atoms with van der Waals surface area (Å²) >= 11 is 0. The summed E-state index contributed by atoms with van der Waals surface area (Å²) in [5, 5.41) is 13.6. The molecule has 2 aliphatic rings. The number of carbonyl (C=O) groups excluding carboxylic acids is 1. The van der Waals surface area contributed by atoms with Crippen molar-refractivity contribution in [3.63, 3.8) is 0 Å². The van der Waals surface area contributed by atoms with E-state index in [1.807, 2.05) is 26.0 Å². The summed E-state index contributed by atoms with van der Waals surface area (Å²) in [6.45, 7) is 8.09. The van der Waals surface area contributed by atoms with Gasteiger partial charge in [0.25, 0.3) is 0 Å². The lowest BCUT2D eigenvalue weighted by Gasteiger charge is -2.35. The number of aryl methyl sites for hydroxylation is 2. The van der Waals surface area contributed by atoms with Crippen LogP contribution in [-0.2, 0) is 20.7 Å². The summed E-state index contributed by atoms with van der Waals surface area (Å²) in [7, 11) is 0. The topological polar surface area (TPSA) is 89.6 Å². The van der Waals surface area contributed by atoms with Crippen LogP contribution in [0.15, 0.2) is 22.7 Å². The molecule has 0 radical (unpaired) electrons. The predicted octanol–water partition coefficient (Wildman–Crippen LogP) is 6.05. The molecular formula is C28H37NO5. The van der Waals surface area contributed by atoms with Crippen molar-refractivity contribution in [1.29, 1.82) is 0 Å². The standard InChI is InChI=1S/C28H37NO5/c1-16(2)9-19-11-22(12-19)28-26(20-7-8-20)27(29-34-28)24(33-15-25(31)32)14-23(30)13-21-6-5-17(3)10-18(21)4/h5-6,10,16,19-20,22,24H,7-9,11-15H2,1-4H3,(H,31,32). The summed E-state index contributed by atoms with van der Waals surface area (Å²) in [6.07, 6.45) is 5.28. The monoisotopic (exact) mass is 467 g/mol. The van der Waals surface area contributed by atoms with Gasteiger partial charge in [0, 0.05) is 24.3 Å². The van der Waals surface area contributed by atoms with E-state index in [1.165, 1.54) is 6.42 Å². The van der Waals surface area contributed by atoms with Crippen LogP contribution in [0.5, 0.6) is 0 Å². The molecule has 6 heteroatoms. The van der Waals surface area contributed by atoms with E-state index in [4.69, 9.17) is 9.26 Å². The van der Waals surface area contributed by atoms with Crippen LogP contribution < -0.4 is 0 Å². The van der Waals surface area contributed by atoms with Crippen molar-refractivity contribution in [2.24, 2.45) is 11.8 Å². The van der Waals surface area contributed by atoms with Crippen molar-refractivity contribution in [3.8, 4) is 0 Å². The number of carboxylic acids is 1. The predicted molar refractivity (Wildman–Crippen MR) is 129 cm³/mol. The number of rotatable bonds is 12. The Labute approximate surface area is 202 Å². The Morgan fingerprint density at radius 1 is 1.18 bits per heavy atom. The Bertz CT molecular complexity index is 1030. The molecule has 1 aromatic carbocycles. The van der Waals surface area contributed by atoms with E-state index in [1.54, 1.807) is 0 Å². The van der Waals surface area contributed by atoms with Gasteiger partial charge in [-0.1, -0.05) is 42.8 Å². The minimum atomic E-state index is -1.06. The van der Waals surface area contributed by atoms with Crippen molar-refractivity contribution in [1.82, 2.24) is 5.16 Å². The van der Waals surface area contributed by atoms with Gasteiger partial charge in [-0.15, -0.1) is 0 Å². The normalized spacial score (nSPS) is 20.9. The van der Waals surface area contributed by atoms with Crippen LogP contribution in [0.2, 0.25) is 0 Å². The molecule has 0 aliphatic heterocycles. The zero-order chi connectivity index (χ0) is 24.4. The van der Waals surface area contributed by atoms with Crippen LogP contribution in [0.1, 0.15) is 104 Å². The number of nitrogens with zero attached hydrogens (tertiary/aromatic N) is 1. The second-order valence-corrected chi connectivity index (χ2v) is 10.8. The smallest absolute Gasteiger partial charge is 0.329 e. The van der Waals surface area contributed by atoms with E-state index in [-0.39, 0.29) is 12.2 Å². The lowest BCUT2D eigenvalue weighted by Crippen LogP contribution is -2.24. The highest BCUT2D eigenvalue weighted by molar-refractivity contribution is 5.82. The number of carboxylic acid groups (broad SMARTS) is 1. The van der Waals surface area contributed by atoms with Gasteiger partial charge < -0.3 is 14.4 Å². The molecule has 0 amide bonds. The summed E-state index contributed by atoms with van der Waals surface area (Å²) in [5.41, 5.74) is 4.95. The lowest BCUT2D eigenvalue weighted by atomic mass is 9.69. The third-order valence-corrected chi connectivity index (χ3v) is 7.19. The van der Waals surface area contributed by atoms with Crippen molar-refractivity contribution >= 4 is 11.8 Å². The van der Waals surface area contributed by atoms with Gasteiger partial charge in [0.1, 0.15) is 29.9 Å². The van der Waals surface area contributed by atoms with E-state index in [2.05, 4.69) is 25.1 Å². The van der Waals surface area contributed by atoms with Crippen LogP contribution in [0.3, 0.4) is 0 Å². The first kappa shape index (κ1) is 24.6. The Morgan fingerprint density at radius 3 is 2.53 bits per heavy atom. The van der Waals surface area contributed by atoms with Gasteiger partial charge in [-0.3, -0.25) is 4.79 Å². The molecule has 1 aromatic heterocycles.